The van der Waals surface area contributed by atoms with E-state index in [2.05, 4.69) is 139 Å². The zero-order valence-corrected chi connectivity index (χ0v) is 31.8. The Morgan fingerprint density at radius 1 is 0.625 bits per heavy atom. The number of aliphatic imine (C=N–C) groups is 3. The Balaban J connectivity index is 1.44. The molecule has 8 aromatic rings. The number of rotatable bonds is 9. The summed E-state index contributed by atoms with van der Waals surface area (Å²) >= 11 is 0. The van der Waals surface area contributed by atoms with E-state index in [4.69, 9.17) is 9.98 Å². The van der Waals surface area contributed by atoms with Gasteiger partial charge in [-0.1, -0.05) is 153 Å². The summed E-state index contributed by atoms with van der Waals surface area (Å²) in [6.45, 7) is 16.8. The summed E-state index contributed by atoms with van der Waals surface area (Å²) in [5.74, 6) is 1.10. The largest absolute Gasteiger partial charge is 0.309 e. The molecule has 0 fully saturated rings. The van der Waals surface area contributed by atoms with E-state index in [1.807, 2.05) is 74.6 Å². The minimum atomic E-state index is 0.373. The lowest BCUT2D eigenvalue weighted by atomic mass is 9.89. The van der Waals surface area contributed by atoms with Gasteiger partial charge in [0, 0.05) is 27.3 Å². The van der Waals surface area contributed by atoms with E-state index in [0.29, 0.717) is 18.2 Å². The van der Waals surface area contributed by atoms with Gasteiger partial charge in [-0.2, -0.15) is 0 Å². The second-order valence-electron chi connectivity index (χ2n) is 13.6. The lowest BCUT2D eigenvalue weighted by molar-refractivity contribution is 1.06. The van der Waals surface area contributed by atoms with Crippen LogP contribution in [0.2, 0.25) is 0 Å². The van der Waals surface area contributed by atoms with E-state index in [1.54, 1.807) is 0 Å². The van der Waals surface area contributed by atoms with Crippen LogP contribution < -0.4 is 0 Å². The summed E-state index contributed by atoms with van der Waals surface area (Å²) in [5, 5.41) is 6.91. The number of hydrogen-bond donors (Lipinski definition) is 0. The van der Waals surface area contributed by atoms with E-state index in [1.165, 1.54) is 21.9 Å². The van der Waals surface area contributed by atoms with Crippen LogP contribution in [0.4, 0.5) is 0 Å². The molecule has 0 atom stereocenters. The first-order valence-corrected chi connectivity index (χ1v) is 18.9. The number of para-hydroxylation sites is 1. The van der Waals surface area contributed by atoms with Crippen LogP contribution in [0, 0.1) is 0 Å². The molecule has 0 saturated carbocycles. The van der Waals surface area contributed by atoms with Gasteiger partial charge in [-0.15, -0.1) is 0 Å². The van der Waals surface area contributed by atoms with Crippen molar-refractivity contribution < 1.29 is 0 Å². The highest BCUT2D eigenvalue weighted by Crippen LogP contribution is 2.42. The molecule has 0 aliphatic heterocycles. The molecule has 0 aliphatic carbocycles. The van der Waals surface area contributed by atoms with Crippen molar-refractivity contribution in [2.45, 2.75) is 20.4 Å². The van der Waals surface area contributed by atoms with Crippen LogP contribution in [0.15, 0.2) is 191 Å². The van der Waals surface area contributed by atoms with Crippen molar-refractivity contribution in [2.75, 3.05) is 0 Å². The average Bonchev–Trinajstić information content (AvgIpc) is 3.59. The van der Waals surface area contributed by atoms with Crippen LogP contribution in [-0.2, 0) is 6.54 Å². The van der Waals surface area contributed by atoms with E-state index < -0.39 is 0 Å². The van der Waals surface area contributed by atoms with Crippen LogP contribution in [-0.4, -0.2) is 23.0 Å². The molecule has 0 unspecified atom stereocenters. The highest BCUT2D eigenvalue weighted by Gasteiger charge is 2.20. The third-order valence-corrected chi connectivity index (χ3v) is 10.4. The molecule has 56 heavy (non-hydrogen) atoms. The van der Waals surface area contributed by atoms with Gasteiger partial charge < -0.3 is 4.57 Å². The number of amidine groups is 2. The fourth-order valence-corrected chi connectivity index (χ4v) is 7.87. The molecule has 4 nitrogen and oxygen atoms in total. The summed E-state index contributed by atoms with van der Waals surface area (Å²) in [4.78, 5) is 14.5. The molecular weight excluding hydrogens is 681 g/mol. The first-order valence-electron chi connectivity index (χ1n) is 18.9. The van der Waals surface area contributed by atoms with Crippen molar-refractivity contribution in [2.24, 2.45) is 15.0 Å². The van der Waals surface area contributed by atoms with Crippen molar-refractivity contribution in [1.82, 2.24) is 4.57 Å². The number of nitrogens with zero attached hydrogens (tertiary/aromatic N) is 4. The minimum absolute atomic E-state index is 0.373. The summed E-state index contributed by atoms with van der Waals surface area (Å²) in [6, 6.07) is 49.3. The molecule has 8 rings (SSSR count). The predicted molar refractivity (Wildman–Crippen MR) is 244 cm³/mol. The molecule has 1 heterocycles. The molecule has 1 aromatic heterocycles. The second kappa shape index (κ2) is 15.7. The molecular formula is C52H42N4. The molecule has 0 saturated heterocycles. The number of fused-ring (bicyclic) bond motifs is 6. The molecule has 0 aliphatic rings. The Labute approximate surface area is 328 Å². The SMILES string of the molecule is C=Cc1c(C=C)c2cc(C/N=C(\N=C(/N=C)C(=CC)/C=C\C)c3ccccc3)cc(-n3c4ccccc4c4cc(-c5ccccc5)ccc43)c2c2ccccc12. The highest BCUT2D eigenvalue weighted by molar-refractivity contribution is 6.20. The lowest BCUT2D eigenvalue weighted by Gasteiger charge is -2.19. The van der Waals surface area contributed by atoms with Crippen molar-refractivity contribution in [1.29, 1.82) is 0 Å². The van der Waals surface area contributed by atoms with Crippen LogP contribution in [0.1, 0.15) is 36.1 Å². The van der Waals surface area contributed by atoms with Crippen LogP contribution >= 0.6 is 0 Å². The van der Waals surface area contributed by atoms with Crippen molar-refractivity contribution in [3.63, 3.8) is 0 Å². The molecule has 4 heteroatoms. The third-order valence-electron chi connectivity index (χ3n) is 10.4. The van der Waals surface area contributed by atoms with Gasteiger partial charge in [-0.3, -0.25) is 4.99 Å². The number of hydrogen-bond acceptors (Lipinski definition) is 1. The van der Waals surface area contributed by atoms with Crippen molar-refractivity contribution >= 4 is 73.9 Å². The Bertz CT molecular complexity index is 2940. The van der Waals surface area contributed by atoms with E-state index >= 15 is 0 Å². The van der Waals surface area contributed by atoms with E-state index in [-0.39, 0.29) is 0 Å². The zero-order valence-electron chi connectivity index (χ0n) is 31.8. The third kappa shape index (κ3) is 6.41. The smallest absolute Gasteiger partial charge is 0.160 e. The van der Waals surface area contributed by atoms with Gasteiger partial charge >= 0.3 is 0 Å². The Kier molecular flexibility index (Phi) is 10.0. The van der Waals surface area contributed by atoms with Crippen LogP contribution in [0.5, 0.6) is 0 Å². The van der Waals surface area contributed by atoms with Crippen LogP contribution in [0.25, 0.3) is 72.3 Å². The first kappa shape index (κ1) is 35.8. The molecule has 7 aromatic carbocycles. The predicted octanol–water partition coefficient (Wildman–Crippen LogP) is 13.6. The standard InChI is InChI=1S/C52H42N4/c1-6-20-36(7-2)51(53-5)55-52(38-23-14-11-15-24-38)54-34-35-31-46-41(9-4)40(8-3)42-25-16-17-27-44(42)50(46)49(32-35)56-47-28-19-18-26-43(47)45-33-39(29-30-48(45)56)37-21-12-10-13-22-37/h6-33H,3-5,34H2,1-2H3/b20-6-,36-7?,54-52-,55-51-. The fraction of sp³-hybridized carbons (Fsp3) is 0.0577. The topological polar surface area (TPSA) is 42.0 Å². The minimum Gasteiger partial charge on any atom is -0.309 e. The molecule has 0 radical (unpaired) electrons. The molecule has 270 valence electrons. The maximum atomic E-state index is 5.22. The summed E-state index contributed by atoms with van der Waals surface area (Å²) in [6.07, 6.45) is 9.85. The van der Waals surface area contributed by atoms with Gasteiger partial charge in [-0.25, -0.2) is 9.98 Å². The average molecular weight is 723 g/mol. The monoisotopic (exact) mass is 722 g/mol. The Hall–Kier alpha value is -7.17. The zero-order chi connectivity index (χ0) is 38.6. The second-order valence-corrected chi connectivity index (χ2v) is 13.6. The number of benzene rings is 7. The summed E-state index contributed by atoms with van der Waals surface area (Å²) in [7, 11) is 0. The molecule has 0 spiro atoms. The molecule has 0 N–H and O–H groups in total. The fourth-order valence-electron chi connectivity index (χ4n) is 7.87. The van der Waals surface area contributed by atoms with Crippen molar-refractivity contribution in [3.05, 3.63) is 199 Å². The van der Waals surface area contributed by atoms with Crippen LogP contribution in [0.3, 0.4) is 0 Å². The normalized spacial score (nSPS) is 12.6. The maximum absolute atomic E-state index is 5.22. The maximum Gasteiger partial charge on any atom is 0.160 e. The summed E-state index contributed by atoms with van der Waals surface area (Å²) in [5.41, 5.74) is 10.6. The Morgan fingerprint density at radius 3 is 1.96 bits per heavy atom. The summed E-state index contributed by atoms with van der Waals surface area (Å²) < 4.78 is 2.42. The first-order chi connectivity index (χ1) is 27.6. The van der Waals surface area contributed by atoms with E-state index in [9.17, 15) is 0 Å². The van der Waals surface area contributed by atoms with Crippen molar-refractivity contribution in [3.8, 4) is 16.8 Å². The van der Waals surface area contributed by atoms with Gasteiger partial charge in [0.1, 0.15) is 0 Å². The molecule has 0 bridgehead atoms. The lowest BCUT2D eigenvalue weighted by Crippen LogP contribution is -2.06. The van der Waals surface area contributed by atoms with Gasteiger partial charge in [-0.05, 0) is 94.9 Å². The van der Waals surface area contributed by atoms with E-state index in [0.717, 1.165) is 66.1 Å². The van der Waals surface area contributed by atoms with Gasteiger partial charge in [0.25, 0.3) is 0 Å². The number of aromatic nitrogens is 1. The van der Waals surface area contributed by atoms with Gasteiger partial charge in [0.05, 0.1) is 23.3 Å². The molecule has 0 amide bonds. The Morgan fingerprint density at radius 2 is 1.27 bits per heavy atom. The quantitative estimate of drug-likeness (QED) is 0.0616. The van der Waals surface area contributed by atoms with Gasteiger partial charge in [0.15, 0.2) is 11.7 Å². The number of allylic oxidation sites excluding steroid dienone is 2. The highest BCUT2D eigenvalue weighted by atomic mass is 15.0. The van der Waals surface area contributed by atoms with Gasteiger partial charge in [0.2, 0.25) is 0 Å².